The summed E-state index contributed by atoms with van der Waals surface area (Å²) in [5, 5.41) is 43.8. The van der Waals surface area contributed by atoms with E-state index in [1.807, 2.05) is 84.9 Å². The zero-order valence-corrected chi connectivity index (χ0v) is 33.9. The highest BCUT2D eigenvalue weighted by atomic mass is 35.5. The quantitative estimate of drug-likeness (QED) is 0.0687. The Morgan fingerprint density at radius 1 is 0.483 bits per heavy atom. The number of nitrogens with zero attached hydrogens (tertiary/aromatic N) is 4. The highest BCUT2D eigenvalue weighted by Gasteiger charge is 2.10. The van der Waals surface area contributed by atoms with Crippen molar-refractivity contribution in [1.29, 1.82) is 0 Å². The number of halogens is 2. The number of carbonyl (C=O) groups excluding carboxylic acids is 1. The molecule has 8 aromatic carbocycles. The molecule has 60 heavy (non-hydrogen) atoms. The first-order valence-corrected chi connectivity index (χ1v) is 20.2. The minimum absolute atomic E-state index is 0.0334. The fourth-order valence-corrected chi connectivity index (χ4v) is 7.44. The second-order valence-corrected chi connectivity index (χ2v) is 15.3. The van der Waals surface area contributed by atoms with Gasteiger partial charge in [0.2, 0.25) is 0 Å². The number of ketones is 1. The number of phenols is 2. The number of hydrogen-bond acceptors (Lipinski definition) is 7. The third-order valence-corrected chi connectivity index (χ3v) is 10.7. The molecule has 0 amide bonds. The fourth-order valence-electron chi connectivity index (χ4n) is 7.01. The first-order valence-electron chi connectivity index (χ1n) is 19.5. The van der Waals surface area contributed by atoms with Crippen LogP contribution in [0.5, 0.6) is 11.5 Å². The number of aromatic hydroxyl groups is 2. The predicted molar refractivity (Wildman–Crippen MR) is 244 cm³/mol. The van der Waals surface area contributed by atoms with Crippen LogP contribution in [0.25, 0.3) is 27.6 Å². The van der Waals surface area contributed by atoms with Gasteiger partial charge in [0.1, 0.15) is 22.9 Å². The van der Waals surface area contributed by atoms with E-state index in [0.29, 0.717) is 28.3 Å². The summed E-state index contributed by atoms with van der Waals surface area (Å²) in [6, 6.07) is 49.2. The number of phenolic OH excluding ortho intramolecular Hbond substituents is 2. The first-order chi connectivity index (χ1) is 29.2. The zero-order chi connectivity index (χ0) is 41.4. The maximum atomic E-state index is 13.0. The maximum absolute atomic E-state index is 13.0. The lowest BCUT2D eigenvalue weighted by molar-refractivity contribution is 0.104. The maximum Gasteiger partial charge on any atom is 0.185 e. The van der Waals surface area contributed by atoms with Crippen molar-refractivity contribution >= 4 is 79.4 Å². The molecule has 8 rings (SSSR count). The normalized spacial score (nSPS) is 11.8. The monoisotopic (exact) mass is 824 g/mol. The van der Waals surface area contributed by atoms with Gasteiger partial charge >= 0.3 is 0 Å². The highest BCUT2D eigenvalue weighted by molar-refractivity contribution is 6.30. The van der Waals surface area contributed by atoms with Crippen molar-refractivity contribution in [2.75, 3.05) is 0 Å². The molecule has 0 fully saturated rings. The van der Waals surface area contributed by atoms with Gasteiger partial charge in [0.25, 0.3) is 0 Å². The molecule has 294 valence electrons. The van der Waals surface area contributed by atoms with Gasteiger partial charge in [-0.3, -0.25) is 4.79 Å². The molecule has 0 spiro atoms. The molecule has 2 N–H and O–H groups in total. The summed E-state index contributed by atoms with van der Waals surface area (Å²) in [5.74, 6) is -0.0857. The smallest absolute Gasteiger partial charge is 0.185 e. The van der Waals surface area contributed by atoms with Crippen molar-refractivity contribution < 1.29 is 15.0 Å². The van der Waals surface area contributed by atoms with Crippen LogP contribution < -0.4 is 0 Å². The van der Waals surface area contributed by atoms with Crippen molar-refractivity contribution in [3.05, 3.63) is 207 Å². The number of rotatable bonds is 13. The summed E-state index contributed by atoms with van der Waals surface area (Å²) < 4.78 is 0. The number of allylic oxidation sites excluding steroid dienone is 1. The van der Waals surface area contributed by atoms with E-state index < -0.39 is 0 Å². The predicted octanol–water partition coefficient (Wildman–Crippen LogP) is 15.0. The summed E-state index contributed by atoms with van der Waals surface area (Å²) >= 11 is 12.3. The third-order valence-electron chi connectivity index (χ3n) is 10.3. The minimum atomic E-state index is -0.167. The standard InChI is InChI=1S/C51H38Cl2N4O3/c52-41-5-1-3-34(31-41)7-9-36-13-24-45-39(29-36)18-27-48(59)50(45)56-54-43-20-11-33(12-21-43)15-26-47(58)38-16-22-44(23-17-38)55-57-51-46-25-14-37(30-40(46)19-28-49(51)60)10-8-35-4-2-6-42(53)32-35/h1-6,11-32,59-60H,7-10H2. The van der Waals surface area contributed by atoms with Crippen LogP contribution in [-0.4, -0.2) is 16.0 Å². The van der Waals surface area contributed by atoms with Gasteiger partial charge in [0.15, 0.2) is 5.78 Å². The van der Waals surface area contributed by atoms with Crippen molar-refractivity contribution in [3.63, 3.8) is 0 Å². The van der Waals surface area contributed by atoms with Crippen molar-refractivity contribution in [2.45, 2.75) is 25.7 Å². The van der Waals surface area contributed by atoms with Crippen LogP contribution in [-0.2, 0) is 25.7 Å². The molecule has 0 aliphatic rings. The molecule has 0 heterocycles. The van der Waals surface area contributed by atoms with Gasteiger partial charge in [0.05, 0.1) is 11.4 Å². The van der Waals surface area contributed by atoms with E-state index >= 15 is 0 Å². The van der Waals surface area contributed by atoms with E-state index in [1.165, 1.54) is 28.3 Å². The Morgan fingerprint density at radius 3 is 1.40 bits per heavy atom. The lowest BCUT2D eigenvalue weighted by Gasteiger charge is -2.08. The van der Waals surface area contributed by atoms with E-state index in [1.54, 1.807) is 54.6 Å². The summed E-state index contributed by atoms with van der Waals surface area (Å²) in [6.07, 6.45) is 6.69. The van der Waals surface area contributed by atoms with E-state index in [0.717, 1.165) is 62.8 Å². The molecular weight excluding hydrogens is 787 g/mol. The molecule has 0 bridgehead atoms. The zero-order valence-electron chi connectivity index (χ0n) is 32.3. The molecule has 9 heteroatoms. The summed E-state index contributed by atoms with van der Waals surface area (Å²) in [4.78, 5) is 13.0. The number of carbonyl (C=O) groups is 1. The molecule has 0 aliphatic carbocycles. The van der Waals surface area contributed by atoms with Gasteiger partial charge in [-0.2, -0.15) is 10.2 Å². The number of azo groups is 2. The van der Waals surface area contributed by atoms with Crippen LogP contribution in [0.1, 0.15) is 38.2 Å². The van der Waals surface area contributed by atoms with Crippen LogP contribution in [0.4, 0.5) is 22.7 Å². The molecule has 0 radical (unpaired) electrons. The Balaban J connectivity index is 0.877. The van der Waals surface area contributed by atoms with E-state index in [9.17, 15) is 15.0 Å². The van der Waals surface area contributed by atoms with Crippen LogP contribution in [0.3, 0.4) is 0 Å². The first kappa shape index (κ1) is 39.9. The Morgan fingerprint density at radius 2 is 0.933 bits per heavy atom. The molecule has 0 unspecified atom stereocenters. The number of fused-ring (bicyclic) bond motifs is 2. The molecule has 0 saturated heterocycles. The van der Waals surface area contributed by atoms with Gasteiger partial charge in [0, 0.05) is 26.4 Å². The highest BCUT2D eigenvalue weighted by Crippen LogP contribution is 2.38. The Kier molecular flexibility index (Phi) is 12.2. The summed E-state index contributed by atoms with van der Waals surface area (Å²) in [6.45, 7) is 0. The second-order valence-electron chi connectivity index (χ2n) is 14.5. The van der Waals surface area contributed by atoms with Gasteiger partial charge < -0.3 is 10.2 Å². The average Bonchev–Trinajstić information content (AvgIpc) is 3.26. The van der Waals surface area contributed by atoms with Gasteiger partial charge in [-0.1, -0.05) is 114 Å². The summed E-state index contributed by atoms with van der Waals surface area (Å²) in [5.41, 5.74) is 7.94. The van der Waals surface area contributed by atoms with Crippen molar-refractivity contribution in [1.82, 2.24) is 0 Å². The molecule has 0 atom stereocenters. The fraction of sp³-hybridized carbons (Fsp3) is 0.0784. The van der Waals surface area contributed by atoms with Crippen molar-refractivity contribution in [2.24, 2.45) is 20.5 Å². The van der Waals surface area contributed by atoms with E-state index in [-0.39, 0.29) is 17.3 Å². The van der Waals surface area contributed by atoms with Crippen LogP contribution in [0.2, 0.25) is 10.0 Å². The Bertz CT molecular complexity index is 2940. The number of benzene rings is 8. The van der Waals surface area contributed by atoms with Gasteiger partial charge in [-0.25, -0.2) is 0 Å². The van der Waals surface area contributed by atoms with Gasteiger partial charge in [-0.05, 0) is 143 Å². The SMILES string of the molecule is O=C(C=Cc1ccc(N=Nc2c(O)ccc3cc(CCc4cccc(Cl)c4)ccc23)cc1)c1ccc(N=Nc2c(O)ccc3cc(CCc4cccc(Cl)c4)ccc23)cc1. The average molecular weight is 826 g/mol. The summed E-state index contributed by atoms with van der Waals surface area (Å²) in [7, 11) is 0. The third kappa shape index (κ3) is 9.84. The molecular formula is C51H38Cl2N4O3. The Labute approximate surface area is 357 Å². The van der Waals surface area contributed by atoms with E-state index in [4.69, 9.17) is 23.2 Å². The largest absolute Gasteiger partial charge is 0.506 e. The number of aryl methyl sites for hydroxylation is 4. The molecule has 0 aliphatic heterocycles. The van der Waals surface area contributed by atoms with Crippen LogP contribution >= 0.6 is 23.2 Å². The molecule has 0 saturated carbocycles. The minimum Gasteiger partial charge on any atom is -0.506 e. The van der Waals surface area contributed by atoms with Crippen molar-refractivity contribution in [3.8, 4) is 11.5 Å². The molecule has 8 aromatic rings. The van der Waals surface area contributed by atoms with E-state index in [2.05, 4.69) is 44.7 Å². The molecule has 0 aromatic heterocycles. The van der Waals surface area contributed by atoms with Crippen LogP contribution in [0.15, 0.2) is 184 Å². The topological polar surface area (TPSA) is 107 Å². The van der Waals surface area contributed by atoms with Crippen LogP contribution in [0, 0.1) is 0 Å². The number of hydrogen-bond donors (Lipinski definition) is 2. The lowest BCUT2D eigenvalue weighted by atomic mass is 10.00. The Hall–Kier alpha value is -6.93. The second kappa shape index (κ2) is 18.3. The lowest BCUT2D eigenvalue weighted by Crippen LogP contribution is -1.92. The molecule has 7 nitrogen and oxygen atoms in total. The van der Waals surface area contributed by atoms with Gasteiger partial charge in [-0.15, -0.1) is 10.2 Å².